The number of hydrogen-bond acceptors (Lipinski definition) is 3. The number of amides is 1. The number of anilines is 2. The second kappa shape index (κ2) is 7.04. The molecule has 1 aromatic heterocycles. The second-order valence-corrected chi connectivity index (χ2v) is 6.60. The van der Waals surface area contributed by atoms with Crippen LogP contribution in [-0.2, 0) is 13.6 Å². The van der Waals surface area contributed by atoms with E-state index in [4.69, 9.17) is 0 Å². The van der Waals surface area contributed by atoms with Gasteiger partial charge in [-0.1, -0.05) is 42.5 Å². The number of hydrogen-bond donors (Lipinski definition) is 0. The molecule has 0 atom stereocenters. The summed E-state index contributed by atoms with van der Waals surface area (Å²) in [5.41, 5.74) is 3.95. The number of rotatable bonds is 3. The van der Waals surface area contributed by atoms with E-state index in [9.17, 15) is 4.79 Å². The second-order valence-electron chi connectivity index (χ2n) is 6.60. The minimum atomic E-state index is -0.000916. The molecule has 0 aliphatic carbocycles. The highest BCUT2D eigenvalue weighted by Crippen LogP contribution is 2.34. The number of benzene rings is 2. The highest BCUT2D eigenvalue weighted by atomic mass is 16.2. The molecule has 0 N–H and O–H groups in total. The van der Waals surface area contributed by atoms with Crippen molar-refractivity contribution in [3.63, 3.8) is 0 Å². The Bertz CT molecular complexity index is 903. The SMILES string of the molecule is Cn1cncc1C(=O)N1CCCN(Cc2ccccc2)c2ccccc21. The zero-order chi connectivity index (χ0) is 17.9. The monoisotopic (exact) mass is 346 g/mol. The highest BCUT2D eigenvalue weighted by molar-refractivity contribution is 6.06. The van der Waals surface area contributed by atoms with Crippen LogP contribution in [0.2, 0.25) is 0 Å². The summed E-state index contributed by atoms with van der Waals surface area (Å²) in [6.07, 6.45) is 4.22. The van der Waals surface area contributed by atoms with Crippen LogP contribution >= 0.6 is 0 Å². The van der Waals surface area contributed by atoms with Crippen LogP contribution in [0, 0.1) is 0 Å². The molecule has 1 aliphatic heterocycles. The van der Waals surface area contributed by atoms with Gasteiger partial charge in [-0.25, -0.2) is 4.98 Å². The number of nitrogens with zero attached hydrogens (tertiary/aromatic N) is 4. The van der Waals surface area contributed by atoms with Gasteiger partial charge < -0.3 is 14.4 Å². The van der Waals surface area contributed by atoms with E-state index in [2.05, 4.69) is 40.2 Å². The number of para-hydroxylation sites is 2. The first-order chi connectivity index (χ1) is 12.7. The number of fused-ring (bicyclic) bond motifs is 1. The van der Waals surface area contributed by atoms with Crippen molar-refractivity contribution in [2.75, 3.05) is 22.9 Å². The van der Waals surface area contributed by atoms with Crippen LogP contribution in [0.1, 0.15) is 22.5 Å². The maximum atomic E-state index is 13.1. The molecule has 5 heteroatoms. The van der Waals surface area contributed by atoms with Crippen LogP contribution in [0.4, 0.5) is 11.4 Å². The number of imidazole rings is 1. The van der Waals surface area contributed by atoms with Crippen molar-refractivity contribution < 1.29 is 4.79 Å². The summed E-state index contributed by atoms with van der Waals surface area (Å²) < 4.78 is 1.78. The predicted octanol–water partition coefficient (Wildman–Crippen LogP) is 3.48. The molecular weight excluding hydrogens is 324 g/mol. The molecule has 132 valence electrons. The summed E-state index contributed by atoms with van der Waals surface area (Å²) in [7, 11) is 1.85. The Morgan fingerprint density at radius 3 is 2.46 bits per heavy atom. The Morgan fingerprint density at radius 2 is 1.73 bits per heavy atom. The van der Waals surface area contributed by atoms with E-state index >= 15 is 0 Å². The van der Waals surface area contributed by atoms with E-state index in [-0.39, 0.29) is 5.91 Å². The molecule has 0 fully saturated rings. The van der Waals surface area contributed by atoms with Gasteiger partial charge in [0, 0.05) is 26.7 Å². The molecular formula is C21H22N4O. The lowest BCUT2D eigenvalue weighted by Gasteiger charge is -2.27. The molecule has 2 heterocycles. The summed E-state index contributed by atoms with van der Waals surface area (Å²) in [5.74, 6) is -0.000916. The topological polar surface area (TPSA) is 41.4 Å². The third-order valence-electron chi connectivity index (χ3n) is 4.82. The fourth-order valence-electron chi connectivity index (χ4n) is 3.50. The summed E-state index contributed by atoms with van der Waals surface area (Å²) in [6.45, 7) is 2.46. The van der Waals surface area contributed by atoms with Crippen molar-refractivity contribution >= 4 is 17.3 Å². The van der Waals surface area contributed by atoms with Crippen LogP contribution in [0.15, 0.2) is 67.1 Å². The van der Waals surface area contributed by atoms with Crippen molar-refractivity contribution in [1.29, 1.82) is 0 Å². The van der Waals surface area contributed by atoms with E-state index < -0.39 is 0 Å². The van der Waals surface area contributed by atoms with E-state index in [0.29, 0.717) is 12.2 Å². The van der Waals surface area contributed by atoms with Gasteiger partial charge >= 0.3 is 0 Å². The first-order valence-corrected chi connectivity index (χ1v) is 8.90. The van der Waals surface area contributed by atoms with Gasteiger partial charge in [0.1, 0.15) is 5.69 Å². The van der Waals surface area contributed by atoms with Crippen LogP contribution in [-0.4, -0.2) is 28.5 Å². The van der Waals surface area contributed by atoms with Gasteiger partial charge in [-0.3, -0.25) is 4.79 Å². The van der Waals surface area contributed by atoms with Crippen molar-refractivity contribution in [1.82, 2.24) is 9.55 Å². The summed E-state index contributed by atoms with van der Waals surface area (Å²) in [4.78, 5) is 21.5. The molecule has 2 aromatic carbocycles. The minimum absolute atomic E-state index is 0.000916. The van der Waals surface area contributed by atoms with E-state index in [0.717, 1.165) is 30.9 Å². The third kappa shape index (κ3) is 3.08. The van der Waals surface area contributed by atoms with Crippen molar-refractivity contribution in [2.24, 2.45) is 7.05 Å². The fraction of sp³-hybridized carbons (Fsp3) is 0.238. The Balaban J connectivity index is 1.69. The fourth-order valence-corrected chi connectivity index (χ4v) is 3.50. The van der Waals surface area contributed by atoms with Gasteiger partial charge in [0.05, 0.1) is 23.9 Å². The maximum Gasteiger partial charge on any atom is 0.276 e. The first kappa shape index (κ1) is 16.4. The van der Waals surface area contributed by atoms with Gasteiger partial charge in [-0.05, 0) is 24.1 Å². The molecule has 1 aliphatic rings. The van der Waals surface area contributed by atoms with Crippen LogP contribution in [0.5, 0.6) is 0 Å². The maximum absolute atomic E-state index is 13.1. The zero-order valence-corrected chi connectivity index (χ0v) is 14.9. The lowest BCUT2D eigenvalue weighted by Crippen LogP contribution is -2.32. The predicted molar refractivity (Wildman–Crippen MR) is 103 cm³/mol. The lowest BCUT2D eigenvalue weighted by atomic mass is 10.1. The quantitative estimate of drug-likeness (QED) is 0.729. The van der Waals surface area contributed by atoms with Gasteiger partial charge in [-0.15, -0.1) is 0 Å². The standard InChI is InChI=1S/C21H22N4O/c1-23-16-22-14-20(23)21(26)25-13-7-12-24(15-17-8-3-2-4-9-17)18-10-5-6-11-19(18)25/h2-6,8-11,14,16H,7,12-13,15H2,1H3. The Kier molecular flexibility index (Phi) is 4.44. The molecule has 5 nitrogen and oxygen atoms in total. The van der Waals surface area contributed by atoms with E-state index in [1.165, 1.54) is 5.56 Å². The van der Waals surface area contributed by atoms with Gasteiger partial charge in [0.2, 0.25) is 0 Å². The van der Waals surface area contributed by atoms with Crippen LogP contribution in [0.25, 0.3) is 0 Å². The number of aryl methyl sites for hydroxylation is 1. The average Bonchev–Trinajstić information content (AvgIpc) is 3.02. The van der Waals surface area contributed by atoms with Gasteiger partial charge in [0.15, 0.2) is 0 Å². The van der Waals surface area contributed by atoms with Crippen molar-refractivity contribution in [3.8, 4) is 0 Å². The van der Waals surface area contributed by atoms with Gasteiger partial charge in [-0.2, -0.15) is 0 Å². The first-order valence-electron chi connectivity index (χ1n) is 8.90. The van der Waals surface area contributed by atoms with Crippen LogP contribution in [0.3, 0.4) is 0 Å². The Labute approximate surface area is 153 Å². The summed E-state index contributed by atoms with van der Waals surface area (Å²) in [6, 6.07) is 18.6. The molecule has 0 saturated heterocycles. The van der Waals surface area contributed by atoms with E-state index in [1.54, 1.807) is 17.1 Å². The normalized spacial score (nSPS) is 14.0. The van der Waals surface area contributed by atoms with Crippen molar-refractivity contribution in [3.05, 3.63) is 78.4 Å². The number of carbonyl (C=O) groups is 1. The molecule has 0 bridgehead atoms. The summed E-state index contributed by atoms with van der Waals surface area (Å²) >= 11 is 0. The molecule has 3 aromatic rings. The average molecular weight is 346 g/mol. The molecule has 0 saturated carbocycles. The number of carbonyl (C=O) groups excluding carboxylic acids is 1. The Hall–Kier alpha value is -3.08. The lowest BCUT2D eigenvalue weighted by molar-refractivity contribution is 0.0979. The molecule has 0 spiro atoms. The van der Waals surface area contributed by atoms with Crippen LogP contribution < -0.4 is 9.80 Å². The summed E-state index contributed by atoms with van der Waals surface area (Å²) in [5, 5.41) is 0. The highest BCUT2D eigenvalue weighted by Gasteiger charge is 2.26. The molecule has 1 amide bonds. The van der Waals surface area contributed by atoms with Gasteiger partial charge in [0.25, 0.3) is 5.91 Å². The van der Waals surface area contributed by atoms with Crippen molar-refractivity contribution in [2.45, 2.75) is 13.0 Å². The zero-order valence-electron chi connectivity index (χ0n) is 14.9. The third-order valence-corrected chi connectivity index (χ3v) is 4.82. The number of aromatic nitrogens is 2. The Morgan fingerprint density at radius 1 is 1.00 bits per heavy atom. The smallest absolute Gasteiger partial charge is 0.276 e. The molecule has 0 unspecified atom stereocenters. The molecule has 4 rings (SSSR count). The van der Waals surface area contributed by atoms with E-state index in [1.807, 2.05) is 36.2 Å². The molecule has 26 heavy (non-hydrogen) atoms. The minimum Gasteiger partial charge on any atom is -0.365 e. The largest absolute Gasteiger partial charge is 0.365 e. The molecule has 0 radical (unpaired) electrons.